The summed E-state index contributed by atoms with van der Waals surface area (Å²) in [6.07, 6.45) is 2.40. The second-order valence-corrected chi connectivity index (χ2v) is 4.41. The smallest absolute Gasteiger partial charge is 0.254 e. The molecule has 0 saturated carbocycles. The first-order valence-electron chi connectivity index (χ1n) is 6.29. The molecule has 0 fully saturated rings. The number of amides is 1. The monoisotopic (exact) mass is 255 g/mol. The van der Waals surface area contributed by atoms with E-state index in [2.05, 4.69) is 15.3 Å². The van der Waals surface area contributed by atoms with E-state index in [-0.39, 0.29) is 5.91 Å². The van der Waals surface area contributed by atoms with Gasteiger partial charge in [0, 0.05) is 12.7 Å². The molecule has 0 aliphatic rings. The third-order valence-electron chi connectivity index (χ3n) is 2.89. The molecule has 0 aliphatic heterocycles. The van der Waals surface area contributed by atoms with Crippen LogP contribution in [0.25, 0.3) is 0 Å². The summed E-state index contributed by atoms with van der Waals surface area (Å²) >= 11 is 0. The molecule has 0 atom stereocenters. The topological polar surface area (TPSA) is 54.9 Å². The van der Waals surface area contributed by atoms with E-state index in [1.54, 1.807) is 6.20 Å². The highest BCUT2D eigenvalue weighted by atomic mass is 16.1. The zero-order valence-electron chi connectivity index (χ0n) is 11.2. The molecule has 19 heavy (non-hydrogen) atoms. The van der Waals surface area contributed by atoms with E-state index in [1.807, 2.05) is 44.2 Å². The number of hydrogen-bond donors (Lipinski definition) is 1. The van der Waals surface area contributed by atoms with Gasteiger partial charge in [-0.15, -0.1) is 0 Å². The van der Waals surface area contributed by atoms with E-state index < -0.39 is 0 Å². The van der Waals surface area contributed by atoms with Gasteiger partial charge in [-0.3, -0.25) is 4.79 Å². The lowest BCUT2D eigenvalue weighted by molar-refractivity contribution is 0.0952. The summed E-state index contributed by atoms with van der Waals surface area (Å²) in [6, 6.07) is 10.1. The number of aromatic nitrogens is 2. The number of aryl methyl sites for hydroxylation is 2. The van der Waals surface area contributed by atoms with Gasteiger partial charge < -0.3 is 5.32 Å². The fourth-order valence-corrected chi connectivity index (χ4v) is 1.87. The van der Waals surface area contributed by atoms with Gasteiger partial charge in [-0.05, 0) is 25.8 Å². The molecule has 0 aliphatic carbocycles. The number of nitrogens with zero attached hydrogens (tertiary/aromatic N) is 2. The Hall–Kier alpha value is -2.23. The maximum atomic E-state index is 12.0. The minimum absolute atomic E-state index is 0.117. The van der Waals surface area contributed by atoms with Crippen molar-refractivity contribution < 1.29 is 4.79 Å². The van der Waals surface area contributed by atoms with Crippen LogP contribution in [0.1, 0.15) is 27.4 Å². The summed E-state index contributed by atoms with van der Waals surface area (Å²) in [5, 5.41) is 2.89. The quantitative estimate of drug-likeness (QED) is 0.910. The first-order valence-corrected chi connectivity index (χ1v) is 6.29. The molecular formula is C15H17N3O. The Morgan fingerprint density at radius 3 is 2.63 bits per heavy atom. The third-order valence-corrected chi connectivity index (χ3v) is 2.89. The minimum atomic E-state index is -0.117. The second kappa shape index (κ2) is 6.09. The molecule has 1 aromatic heterocycles. The van der Waals surface area contributed by atoms with Crippen molar-refractivity contribution in [3.63, 3.8) is 0 Å². The van der Waals surface area contributed by atoms with Crippen molar-refractivity contribution in [3.05, 3.63) is 59.2 Å². The molecular weight excluding hydrogens is 238 g/mol. The van der Waals surface area contributed by atoms with Crippen LogP contribution in [0.3, 0.4) is 0 Å². The summed E-state index contributed by atoms with van der Waals surface area (Å²) in [5.41, 5.74) is 2.46. The Morgan fingerprint density at radius 1 is 1.21 bits per heavy atom. The summed E-state index contributed by atoms with van der Waals surface area (Å²) in [6.45, 7) is 4.24. The highest BCUT2D eigenvalue weighted by Crippen LogP contribution is 2.04. The molecule has 1 aromatic carbocycles. The average molecular weight is 255 g/mol. The van der Waals surface area contributed by atoms with E-state index in [1.165, 1.54) is 5.56 Å². The number of hydrogen-bond acceptors (Lipinski definition) is 3. The summed E-state index contributed by atoms with van der Waals surface area (Å²) < 4.78 is 0. The Morgan fingerprint density at radius 2 is 1.95 bits per heavy atom. The number of benzene rings is 1. The molecule has 1 amide bonds. The van der Waals surface area contributed by atoms with Gasteiger partial charge >= 0.3 is 0 Å². The molecule has 98 valence electrons. The highest BCUT2D eigenvalue weighted by Gasteiger charge is 2.09. The lowest BCUT2D eigenvalue weighted by Crippen LogP contribution is -2.27. The molecule has 4 heteroatoms. The number of rotatable bonds is 4. The van der Waals surface area contributed by atoms with Crippen molar-refractivity contribution in [1.82, 2.24) is 15.3 Å². The van der Waals surface area contributed by atoms with Gasteiger partial charge in [-0.25, -0.2) is 9.97 Å². The van der Waals surface area contributed by atoms with Gasteiger partial charge in [-0.1, -0.05) is 30.3 Å². The van der Waals surface area contributed by atoms with Crippen molar-refractivity contribution in [2.75, 3.05) is 6.54 Å². The molecule has 4 nitrogen and oxygen atoms in total. The predicted molar refractivity (Wildman–Crippen MR) is 74.0 cm³/mol. The van der Waals surface area contributed by atoms with Gasteiger partial charge in [0.25, 0.3) is 5.91 Å². The third kappa shape index (κ3) is 3.61. The second-order valence-electron chi connectivity index (χ2n) is 4.41. The van der Waals surface area contributed by atoms with Crippen LogP contribution in [0.2, 0.25) is 0 Å². The van der Waals surface area contributed by atoms with Crippen LogP contribution in [0, 0.1) is 13.8 Å². The zero-order valence-corrected chi connectivity index (χ0v) is 11.2. The first-order chi connectivity index (χ1) is 9.16. The lowest BCUT2D eigenvalue weighted by Gasteiger charge is -2.07. The Bertz CT molecular complexity index is 567. The van der Waals surface area contributed by atoms with Crippen LogP contribution >= 0.6 is 0 Å². The van der Waals surface area contributed by atoms with Crippen LogP contribution in [-0.2, 0) is 6.42 Å². The zero-order chi connectivity index (χ0) is 13.7. The molecule has 1 N–H and O–H groups in total. The molecule has 0 saturated heterocycles. The standard InChI is InChI=1S/C15H17N3O/c1-11-14(10-17-12(2)18-11)15(19)16-9-8-13-6-4-3-5-7-13/h3-7,10H,8-9H2,1-2H3,(H,16,19). The van der Waals surface area contributed by atoms with E-state index in [0.717, 1.165) is 6.42 Å². The van der Waals surface area contributed by atoms with Crippen molar-refractivity contribution in [2.45, 2.75) is 20.3 Å². The Labute approximate surface area is 112 Å². The Kier molecular flexibility index (Phi) is 4.23. The van der Waals surface area contributed by atoms with Crippen LogP contribution in [-0.4, -0.2) is 22.4 Å². The molecule has 1 heterocycles. The van der Waals surface area contributed by atoms with Gasteiger partial charge in [0.05, 0.1) is 11.3 Å². The van der Waals surface area contributed by atoms with Crippen molar-refractivity contribution >= 4 is 5.91 Å². The largest absolute Gasteiger partial charge is 0.352 e. The molecule has 2 rings (SSSR count). The van der Waals surface area contributed by atoms with E-state index in [4.69, 9.17) is 0 Å². The van der Waals surface area contributed by atoms with Crippen LogP contribution in [0.5, 0.6) is 0 Å². The molecule has 0 bridgehead atoms. The molecule has 2 aromatic rings. The maximum absolute atomic E-state index is 12.0. The summed E-state index contributed by atoms with van der Waals surface area (Å²) in [5.74, 6) is 0.562. The normalized spacial score (nSPS) is 10.2. The predicted octanol–water partition coefficient (Wildman–Crippen LogP) is 2.07. The summed E-state index contributed by atoms with van der Waals surface area (Å²) in [4.78, 5) is 20.2. The molecule has 0 spiro atoms. The Balaban J connectivity index is 1.91. The highest BCUT2D eigenvalue weighted by molar-refractivity contribution is 5.94. The number of nitrogens with one attached hydrogen (secondary N) is 1. The van der Waals surface area contributed by atoms with Gasteiger partial charge in [-0.2, -0.15) is 0 Å². The minimum Gasteiger partial charge on any atom is -0.352 e. The SMILES string of the molecule is Cc1ncc(C(=O)NCCc2ccccc2)c(C)n1. The summed E-state index contributed by atoms with van der Waals surface area (Å²) in [7, 11) is 0. The van der Waals surface area contributed by atoms with Crippen LogP contribution < -0.4 is 5.32 Å². The number of carbonyl (C=O) groups is 1. The van der Waals surface area contributed by atoms with Crippen molar-refractivity contribution in [1.29, 1.82) is 0 Å². The molecule has 0 radical (unpaired) electrons. The molecule has 0 unspecified atom stereocenters. The van der Waals surface area contributed by atoms with E-state index in [0.29, 0.717) is 23.6 Å². The fraction of sp³-hybridized carbons (Fsp3) is 0.267. The maximum Gasteiger partial charge on any atom is 0.254 e. The van der Waals surface area contributed by atoms with Gasteiger partial charge in [0.15, 0.2) is 0 Å². The first kappa shape index (κ1) is 13.2. The van der Waals surface area contributed by atoms with Gasteiger partial charge in [0.2, 0.25) is 0 Å². The fourth-order valence-electron chi connectivity index (χ4n) is 1.87. The van der Waals surface area contributed by atoms with E-state index >= 15 is 0 Å². The van der Waals surface area contributed by atoms with Crippen molar-refractivity contribution in [2.24, 2.45) is 0 Å². The van der Waals surface area contributed by atoms with Crippen LogP contribution in [0.4, 0.5) is 0 Å². The van der Waals surface area contributed by atoms with Crippen LogP contribution in [0.15, 0.2) is 36.5 Å². The van der Waals surface area contributed by atoms with E-state index in [9.17, 15) is 4.79 Å². The average Bonchev–Trinajstić information content (AvgIpc) is 2.39. The van der Waals surface area contributed by atoms with Gasteiger partial charge in [0.1, 0.15) is 5.82 Å². The van der Waals surface area contributed by atoms with Crippen molar-refractivity contribution in [3.8, 4) is 0 Å². The number of carbonyl (C=O) groups excluding carboxylic acids is 1. The lowest BCUT2D eigenvalue weighted by atomic mass is 10.1.